The molecular formula is C17H45O6P2+. The molecule has 2 aliphatic rings. The van der Waals surface area contributed by atoms with E-state index in [1.807, 2.05) is 0 Å². The quantitative estimate of drug-likeness (QED) is 0.265. The van der Waals surface area contributed by atoms with Gasteiger partial charge in [0.25, 0.3) is 11.7 Å². The summed E-state index contributed by atoms with van der Waals surface area (Å²) >= 11 is 0. The van der Waals surface area contributed by atoms with E-state index in [-0.39, 0.29) is 65.5 Å². The van der Waals surface area contributed by atoms with Crippen molar-refractivity contribution in [2.75, 3.05) is 13.2 Å². The fourth-order valence-electron chi connectivity index (χ4n) is 1.67. The molecule has 6 atom stereocenters. The van der Waals surface area contributed by atoms with Crippen LogP contribution in [0.25, 0.3) is 0 Å². The van der Waals surface area contributed by atoms with Gasteiger partial charge < -0.3 is 24.2 Å². The van der Waals surface area contributed by atoms with Crippen LogP contribution in [0.3, 0.4) is 0 Å². The number of hydrogen-bond acceptors (Lipinski definition) is 6. The molecule has 2 fully saturated rings. The van der Waals surface area contributed by atoms with Crippen LogP contribution in [0.2, 0.25) is 0 Å². The van der Waals surface area contributed by atoms with Crippen molar-refractivity contribution in [3.63, 3.8) is 0 Å². The SMILES string of the molecule is C.C.C.C.C.C.O=[P+](C(O)CCCCCC(O)POC1CO1)C1CO1. The molecule has 25 heavy (non-hydrogen) atoms. The molecule has 0 aliphatic carbocycles. The van der Waals surface area contributed by atoms with Gasteiger partial charge in [0, 0.05) is 15.2 Å². The van der Waals surface area contributed by atoms with Crippen molar-refractivity contribution in [1.82, 2.24) is 0 Å². The maximum absolute atomic E-state index is 11.5. The summed E-state index contributed by atoms with van der Waals surface area (Å²) in [6.07, 6.45) is 3.75. The maximum Gasteiger partial charge on any atom is 0.404 e. The molecule has 158 valence electrons. The van der Waals surface area contributed by atoms with E-state index in [0.29, 0.717) is 26.1 Å². The summed E-state index contributed by atoms with van der Waals surface area (Å²) < 4.78 is 26.6. The second-order valence-corrected chi connectivity index (χ2v) is 7.81. The standard InChI is InChI=1S/C11H21O6P2.6CH4/c12-8(18-17-10-6-15-10)4-2-1-3-5-9(13)19(14)11-7-16-11;;;;;;/h8-13,18H,1-7H2;6*1H4/q+1;;;;;;. The van der Waals surface area contributed by atoms with Crippen LogP contribution in [-0.2, 0) is 18.6 Å². The van der Waals surface area contributed by atoms with E-state index in [9.17, 15) is 14.8 Å². The lowest BCUT2D eigenvalue weighted by molar-refractivity contribution is 0.175. The zero-order valence-corrected chi connectivity index (χ0v) is 12.6. The Morgan fingerprint density at radius 3 is 1.96 bits per heavy atom. The number of unbranched alkanes of at least 4 members (excludes halogenated alkanes) is 2. The van der Waals surface area contributed by atoms with E-state index in [0.717, 1.165) is 19.3 Å². The third-order valence-electron chi connectivity index (χ3n) is 2.97. The molecule has 2 N–H and O–H groups in total. The number of ether oxygens (including phenoxy) is 2. The molecule has 6 nitrogen and oxygen atoms in total. The van der Waals surface area contributed by atoms with E-state index in [1.54, 1.807) is 0 Å². The zero-order valence-electron chi connectivity index (χ0n) is 10.7. The van der Waals surface area contributed by atoms with Gasteiger partial charge in [-0.2, -0.15) is 0 Å². The third kappa shape index (κ3) is 16.2. The molecule has 2 aliphatic heterocycles. The molecular weight excluding hydrogens is 362 g/mol. The lowest BCUT2D eigenvalue weighted by atomic mass is 10.1. The fraction of sp³-hybridized carbons (Fsp3) is 1.00. The van der Waals surface area contributed by atoms with Gasteiger partial charge in [0.15, 0.2) is 6.29 Å². The topological polar surface area (TPSA) is 91.8 Å². The molecule has 0 aromatic rings. The van der Waals surface area contributed by atoms with Gasteiger partial charge in [-0.3, -0.25) is 0 Å². The lowest BCUT2D eigenvalue weighted by Crippen LogP contribution is -2.04. The van der Waals surface area contributed by atoms with Gasteiger partial charge in [-0.1, -0.05) is 62.0 Å². The second kappa shape index (κ2) is 19.1. The minimum absolute atomic E-state index is 0. The average molecular weight is 407 g/mol. The van der Waals surface area contributed by atoms with E-state index in [4.69, 9.17) is 14.0 Å². The summed E-state index contributed by atoms with van der Waals surface area (Å²) in [5, 5.41) is 19.3. The van der Waals surface area contributed by atoms with Crippen molar-refractivity contribution in [3.05, 3.63) is 0 Å². The van der Waals surface area contributed by atoms with Crippen LogP contribution in [0.4, 0.5) is 0 Å². The molecule has 0 aromatic carbocycles. The Hall–Kier alpha value is 0.330. The first-order chi connectivity index (χ1) is 9.16. The Kier molecular flexibility index (Phi) is 27.7. The molecule has 2 saturated heterocycles. The summed E-state index contributed by atoms with van der Waals surface area (Å²) in [7, 11) is -1.55. The number of epoxide rings is 2. The molecule has 0 radical (unpaired) electrons. The molecule has 2 heterocycles. The maximum atomic E-state index is 11.5. The van der Waals surface area contributed by atoms with Crippen LogP contribution in [0.5, 0.6) is 0 Å². The molecule has 6 unspecified atom stereocenters. The first-order valence-electron chi connectivity index (χ1n) is 6.63. The van der Waals surface area contributed by atoms with Gasteiger partial charge in [-0.15, -0.1) is 0 Å². The van der Waals surface area contributed by atoms with Crippen molar-refractivity contribution in [2.45, 2.75) is 100 Å². The highest BCUT2D eigenvalue weighted by atomic mass is 31.1. The molecule has 0 amide bonds. The van der Waals surface area contributed by atoms with Gasteiger partial charge in [0.2, 0.25) is 0 Å². The Labute approximate surface area is 159 Å². The van der Waals surface area contributed by atoms with Crippen LogP contribution >= 0.6 is 16.6 Å². The molecule has 0 bridgehead atoms. The van der Waals surface area contributed by atoms with Gasteiger partial charge in [0.05, 0.1) is 5.85 Å². The summed E-state index contributed by atoms with van der Waals surface area (Å²) in [6.45, 7) is 1.16. The van der Waals surface area contributed by atoms with Gasteiger partial charge in [-0.25, -0.2) is 0 Å². The van der Waals surface area contributed by atoms with E-state index in [1.165, 1.54) is 0 Å². The molecule has 8 heteroatoms. The number of aliphatic hydroxyl groups is 2. The number of aliphatic hydroxyl groups excluding tert-OH is 2. The minimum atomic E-state index is -1.63. The smallest absolute Gasteiger partial charge is 0.386 e. The van der Waals surface area contributed by atoms with Crippen LogP contribution in [0.15, 0.2) is 0 Å². The van der Waals surface area contributed by atoms with Gasteiger partial charge in [0.1, 0.15) is 13.2 Å². The minimum Gasteiger partial charge on any atom is -0.386 e. The lowest BCUT2D eigenvalue weighted by Gasteiger charge is -2.09. The van der Waals surface area contributed by atoms with Crippen molar-refractivity contribution < 1.29 is 28.8 Å². The number of rotatable bonds is 11. The Bertz CT molecular complexity index is 299. The summed E-state index contributed by atoms with van der Waals surface area (Å²) in [6, 6.07) is 0. The fourth-order valence-corrected chi connectivity index (χ4v) is 3.64. The highest BCUT2D eigenvalue weighted by molar-refractivity contribution is 7.46. The van der Waals surface area contributed by atoms with Crippen molar-refractivity contribution in [2.24, 2.45) is 0 Å². The average Bonchev–Trinajstić information content (AvgIpc) is 3.28. The second-order valence-electron chi connectivity index (χ2n) is 4.78. The predicted molar refractivity (Wildman–Crippen MR) is 112 cm³/mol. The largest absolute Gasteiger partial charge is 0.404 e. The monoisotopic (exact) mass is 407 g/mol. The molecule has 0 spiro atoms. The summed E-state index contributed by atoms with van der Waals surface area (Å²) in [5.41, 5.74) is 0. The third-order valence-corrected chi connectivity index (χ3v) is 5.64. The normalized spacial score (nSPS) is 22.4. The molecule has 2 rings (SSSR count). The van der Waals surface area contributed by atoms with E-state index in [2.05, 4.69) is 0 Å². The first-order valence-corrected chi connectivity index (χ1v) is 9.01. The Balaban J connectivity index is -0.000000222. The predicted octanol–water partition coefficient (Wildman–Crippen LogP) is 5.54. The van der Waals surface area contributed by atoms with Gasteiger partial charge >= 0.3 is 7.80 Å². The van der Waals surface area contributed by atoms with Crippen LogP contribution < -0.4 is 0 Å². The summed E-state index contributed by atoms with van der Waals surface area (Å²) in [5.74, 6) is -1.38. The Morgan fingerprint density at radius 1 is 0.960 bits per heavy atom. The van der Waals surface area contributed by atoms with Crippen molar-refractivity contribution >= 4 is 16.6 Å². The first kappa shape index (κ1) is 36.3. The van der Waals surface area contributed by atoms with Crippen LogP contribution in [-0.4, -0.2) is 47.3 Å². The van der Waals surface area contributed by atoms with Crippen LogP contribution in [0.1, 0.15) is 76.7 Å². The summed E-state index contributed by atoms with van der Waals surface area (Å²) in [4.78, 5) is 0. The highest BCUT2D eigenvalue weighted by Crippen LogP contribution is 2.42. The van der Waals surface area contributed by atoms with Crippen molar-refractivity contribution in [3.8, 4) is 0 Å². The highest BCUT2D eigenvalue weighted by Gasteiger charge is 2.47. The van der Waals surface area contributed by atoms with Crippen LogP contribution in [0, 0.1) is 0 Å². The van der Waals surface area contributed by atoms with E-state index >= 15 is 0 Å². The zero-order chi connectivity index (χ0) is 13.7. The van der Waals surface area contributed by atoms with Crippen molar-refractivity contribution in [1.29, 1.82) is 0 Å². The van der Waals surface area contributed by atoms with E-state index < -0.39 is 19.5 Å². The Morgan fingerprint density at radius 2 is 1.48 bits per heavy atom. The molecule has 0 aromatic heterocycles. The number of hydrogen-bond donors (Lipinski definition) is 2. The molecule has 0 saturated carbocycles. The van der Waals surface area contributed by atoms with Gasteiger partial charge in [-0.05, 0) is 12.8 Å².